The van der Waals surface area contributed by atoms with Crippen LogP contribution in [0.25, 0.3) is 0 Å². The molecule has 70 valence electrons. The Morgan fingerprint density at radius 2 is 1.62 bits per heavy atom. The van der Waals surface area contributed by atoms with Crippen molar-refractivity contribution in [1.82, 2.24) is 0 Å². The normalized spacial score (nSPS) is 17.9. The van der Waals surface area contributed by atoms with Gasteiger partial charge < -0.3 is 0 Å². The molecule has 0 aromatic carbocycles. The van der Waals surface area contributed by atoms with E-state index in [1.54, 1.807) is 6.92 Å². The molecule has 0 spiro atoms. The van der Waals surface area contributed by atoms with Crippen molar-refractivity contribution in [3.05, 3.63) is 21.5 Å². The average molecular weight is 214 g/mol. The van der Waals surface area contributed by atoms with Gasteiger partial charge in [0.15, 0.2) is 11.6 Å². The summed E-state index contributed by atoms with van der Waals surface area (Å²) in [5.74, 6) is -0.0644. The Kier molecular flexibility index (Phi) is 3.39. The highest BCUT2D eigenvalue weighted by atomic mass is 32.2. The Morgan fingerprint density at radius 1 is 1.08 bits per heavy atom. The molecule has 0 heterocycles. The maximum Gasteiger partial charge on any atom is 0.196 e. The zero-order chi connectivity index (χ0) is 10.0. The zero-order valence-corrected chi connectivity index (χ0v) is 9.34. The Balaban J connectivity index is 3.19. The third kappa shape index (κ3) is 1.89. The molecule has 0 aromatic rings. The lowest BCUT2D eigenvalue weighted by Crippen LogP contribution is -2.14. The van der Waals surface area contributed by atoms with Crippen LogP contribution >= 0.6 is 23.5 Å². The average Bonchev–Trinajstić information content (AvgIpc) is 2.10. The molecule has 1 aliphatic rings. The fourth-order valence-electron chi connectivity index (χ4n) is 1.10. The fourth-order valence-corrected chi connectivity index (χ4v) is 2.77. The number of rotatable bonds is 2. The maximum atomic E-state index is 11.6. The molecular weight excluding hydrogens is 204 g/mol. The molecule has 0 N–H and O–H groups in total. The van der Waals surface area contributed by atoms with E-state index in [1.165, 1.54) is 29.6 Å². The van der Waals surface area contributed by atoms with E-state index in [0.29, 0.717) is 15.4 Å². The summed E-state index contributed by atoms with van der Waals surface area (Å²) in [6.07, 6.45) is 5.04. The van der Waals surface area contributed by atoms with Crippen molar-refractivity contribution < 1.29 is 9.59 Å². The molecule has 4 heteroatoms. The van der Waals surface area contributed by atoms with Crippen molar-refractivity contribution in [2.24, 2.45) is 0 Å². The number of carbonyl (C=O) groups is 2. The van der Waals surface area contributed by atoms with Crippen molar-refractivity contribution in [3.63, 3.8) is 0 Å². The summed E-state index contributed by atoms with van der Waals surface area (Å²) < 4.78 is 0. The van der Waals surface area contributed by atoms with Crippen LogP contribution in [0.15, 0.2) is 21.5 Å². The minimum atomic E-state index is -0.0473. The summed E-state index contributed by atoms with van der Waals surface area (Å²) in [6, 6.07) is 0. The lowest BCUT2D eigenvalue weighted by atomic mass is 10.1. The molecule has 1 aliphatic carbocycles. The Hall–Kier alpha value is -0.480. The standard InChI is InChI=1S/C9H10O2S2/c1-5-4-6(10)8(12-2)9(13-3)7(5)11/h4H,1-3H3. The number of hydrogen-bond donors (Lipinski definition) is 0. The first-order valence-electron chi connectivity index (χ1n) is 3.71. The zero-order valence-electron chi connectivity index (χ0n) is 7.71. The SMILES string of the molecule is CSC1=C(SC)C(=O)C(C)=CC1=O. The van der Waals surface area contributed by atoms with Crippen molar-refractivity contribution in [1.29, 1.82) is 0 Å². The maximum absolute atomic E-state index is 11.6. The van der Waals surface area contributed by atoms with E-state index in [1.807, 2.05) is 12.5 Å². The van der Waals surface area contributed by atoms with Crippen LogP contribution in [-0.2, 0) is 9.59 Å². The molecule has 0 saturated carbocycles. The number of allylic oxidation sites excluding steroid dienone is 4. The second-order valence-electron chi connectivity index (χ2n) is 2.59. The highest BCUT2D eigenvalue weighted by Crippen LogP contribution is 2.31. The lowest BCUT2D eigenvalue weighted by Gasteiger charge is -2.13. The van der Waals surface area contributed by atoms with Gasteiger partial charge in [-0.2, -0.15) is 0 Å². The van der Waals surface area contributed by atoms with Crippen LogP contribution in [0.1, 0.15) is 6.92 Å². The van der Waals surface area contributed by atoms with Crippen molar-refractivity contribution in [3.8, 4) is 0 Å². The predicted octanol–water partition coefficient (Wildman–Crippen LogP) is 2.02. The second kappa shape index (κ2) is 4.15. The van der Waals surface area contributed by atoms with Gasteiger partial charge in [0.1, 0.15) is 0 Å². The predicted molar refractivity (Wildman–Crippen MR) is 57.8 cm³/mol. The number of carbonyl (C=O) groups excluding carboxylic acids is 2. The van der Waals surface area contributed by atoms with Gasteiger partial charge in [-0.1, -0.05) is 0 Å². The summed E-state index contributed by atoms with van der Waals surface area (Å²) in [4.78, 5) is 24.1. The van der Waals surface area contributed by atoms with E-state index in [2.05, 4.69) is 0 Å². The fraction of sp³-hybridized carbons (Fsp3) is 0.333. The summed E-state index contributed by atoms with van der Waals surface area (Å²) >= 11 is 2.68. The van der Waals surface area contributed by atoms with Crippen molar-refractivity contribution in [2.75, 3.05) is 12.5 Å². The Bertz CT molecular complexity index is 327. The molecule has 0 aromatic heterocycles. The molecule has 0 fully saturated rings. The molecule has 0 atom stereocenters. The summed E-state index contributed by atoms with van der Waals surface area (Å²) in [5.41, 5.74) is 0.534. The van der Waals surface area contributed by atoms with E-state index in [0.717, 1.165) is 0 Å². The molecule has 0 amide bonds. The van der Waals surface area contributed by atoms with E-state index >= 15 is 0 Å². The first-order valence-corrected chi connectivity index (χ1v) is 6.16. The van der Waals surface area contributed by atoms with Crippen LogP contribution < -0.4 is 0 Å². The molecule has 0 unspecified atom stereocenters. The summed E-state index contributed by atoms with van der Waals surface area (Å²) in [6.45, 7) is 1.67. The first kappa shape index (κ1) is 10.6. The highest BCUT2D eigenvalue weighted by Gasteiger charge is 2.24. The lowest BCUT2D eigenvalue weighted by molar-refractivity contribution is -0.114. The van der Waals surface area contributed by atoms with E-state index in [-0.39, 0.29) is 11.6 Å². The molecule has 0 radical (unpaired) electrons. The van der Waals surface area contributed by atoms with Crippen LogP contribution in [0.2, 0.25) is 0 Å². The van der Waals surface area contributed by atoms with Crippen LogP contribution in [0.5, 0.6) is 0 Å². The quantitative estimate of drug-likeness (QED) is 0.659. The van der Waals surface area contributed by atoms with Crippen LogP contribution in [0.3, 0.4) is 0 Å². The van der Waals surface area contributed by atoms with Gasteiger partial charge >= 0.3 is 0 Å². The number of hydrogen-bond acceptors (Lipinski definition) is 4. The van der Waals surface area contributed by atoms with Gasteiger partial charge in [-0.05, 0) is 25.5 Å². The molecule has 1 rings (SSSR count). The minimum Gasteiger partial charge on any atom is -0.289 e. The monoisotopic (exact) mass is 214 g/mol. The smallest absolute Gasteiger partial charge is 0.196 e. The number of thioether (sulfide) groups is 2. The van der Waals surface area contributed by atoms with Gasteiger partial charge in [-0.15, -0.1) is 23.5 Å². The molecular formula is C9H10O2S2. The molecule has 2 nitrogen and oxygen atoms in total. The summed E-state index contributed by atoms with van der Waals surface area (Å²) in [7, 11) is 0. The molecule has 0 saturated heterocycles. The van der Waals surface area contributed by atoms with Gasteiger partial charge in [-0.3, -0.25) is 9.59 Å². The largest absolute Gasteiger partial charge is 0.289 e. The van der Waals surface area contributed by atoms with Gasteiger partial charge in [0.2, 0.25) is 0 Å². The number of ketones is 2. The highest BCUT2D eigenvalue weighted by molar-refractivity contribution is 8.07. The third-order valence-corrected chi connectivity index (χ3v) is 3.49. The Labute approximate surface area is 85.8 Å². The van der Waals surface area contributed by atoms with E-state index < -0.39 is 0 Å². The molecule has 0 bridgehead atoms. The van der Waals surface area contributed by atoms with Gasteiger partial charge in [0.05, 0.1) is 9.81 Å². The Morgan fingerprint density at radius 3 is 2.08 bits per heavy atom. The topological polar surface area (TPSA) is 34.1 Å². The minimum absolute atomic E-state index is 0.0172. The van der Waals surface area contributed by atoms with Crippen molar-refractivity contribution in [2.45, 2.75) is 6.92 Å². The van der Waals surface area contributed by atoms with Gasteiger partial charge in [0, 0.05) is 5.57 Å². The summed E-state index contributed by atoms with van der Waals surface area (Å²) in [5, 5.41) is 0. The first-order chi connectivity index (χ1) is 6.11. The van der Waals surface area contributed by atoms with E-state index in [4.69, 9.17) is 0 Å². The van der Waals surface area contributed by atoms with Gasteiger partial charge in [0.25, 0.3) is 0 Å². The van der Waals surface area contributed by atoms with Crippen LogP contribution in [0.4, 0.5) is 0 Å². The second-order valence-corrected chi connectivity index (χ2v) is 4.22. The molecule has 0 aliphatic heterocycles. The third-order valence-electron chi connectivity index (χ3n) is 1.75. The van der Waals surface area contributed by atoms with Crippen molar-refractivity contribution >= 4 is 35.1 Å². The van der Waals surface area contributed by atoms with Crippen LogP contribution in [-0.4, -0.2) is 24.1 Å². The number of Topliss-reactive ketones (excluding diaryl/α,β-unsaturated/α-hetero) is 1. The van der Waals surface area contributed by atoms with Crippen LogP contribution in [0, 0.1) is 0 Å². The van der Waals surface area contributed by atoms with E-state index in [9.17, 15) is 9.59 Å². The van der Waals surface area contributed by atoms with Gasteiger partial charge in [-0.25, -0.2) is 0 Å². The molecule has 13 heavy (non-hydrogen) atoms.